The van der Waals surface area contributed by atoms with E-state index in [4.69, 9.17) is 0 Å². The molecule has 0 fully saturated rings. The van der Waals surface area contributed by atoms with Crippen molar-refractivity contribution in [2.24, 2.45) is 14.1 Å². The van der Waals surface area contributed by atoms with Crippen LogP contribution in [0.25, 0.3) is 10.2 Å². The number of hydrogen-bond donors (Lipinski definition) is 0. The first-order valence-corrected chi connectivity index (χ1v) is 8.51. The molecule has 6 nitrogen and oxygen atoms in total. The Morgan fingerprint density at radius 1 is 1.21 bits per heavy atom. The van der Waals surface area contributed by atoms with Crippen molar-refractivity contribution in [1.29, 1.82) is 0 Å². The molecular weight excluding hydrogens is 324 g/mol. The summed E-state index contributed by atoms with van der Waals surface area (Å²) in [6.45, 7) is 2.58. The molecule has 24 heavy (non-hydrogen) atoms. The van der Waals surface area contributed by atoms with Crippen LogP contribution in [0.2, 0.25) is 0 Å². The normalized spacial score (nSPS) is 12.9. The molecule has 0 aliphatic heterocycles. The lowest BCUT2D eigenvalue weighted by molar-refractivity contribution is 0.245. The Bertz CT molecular complexity index is 969. The second kappa shape index (κ2) is 6.33. The van der Waals surface area contributed by atoms with Gasteiger partial charge in [-0.1, -0.05) is 12.1 Å². The van der Waals surface area contributed by atoms with E-state index in [2.05, 4.69) is 22.9 Å². The lowest BCUT2D eigenvalue weighted by Crippen LogP contribution is -2.39. The molecule has 0 amide bonds. The maximum atomic E-state index is 12.0. The average molecular weight is 344 g/mol. The maximum absolute atomic E-state index is 12.0. The van der Waals surface area contributed by atoms with Crippen molar-refractivity contribution >= 4 is 21.6 Å². The fraction of sp³-hybridized carbons (Fsp3) is 0.353. The number of fused-ring (bicyclic) bond motifs is 1. The van der Waals surface area contributed by atoms with Gasteiger partial charge >= 0.3 is 5.69 Å². The molecule has 0 bridgehead atoms. The van der Waals surface area contributed by atoms with Crippen molar-refractivity contribution in [3.63, 3.8) is 0 Å². The summed E-state index contributed by atoms with van der Waals surface area (Å²) in [6, 6.07) is 9.66. The molecule has 0 radical (unpaired) electrons. The molecule has 2 aromatic heterocycles. The van der Waals surface area contributed by atoms with Crippen LogP contribution in [0.5, 0.6) is 0 Å². The van der Waals surface area contributed by atoms with Crippen LogP contribution in [-0.2, 0) is 20.6 Å². The van der Waals surface area contributed by atoms with Gasteiger partial charge in [0.15, 0.2) is 0 Å². The van der Waals surface area contributed by atoms with Crippen molar-refractivity contribution in [3.8, 4) is 0 Å². The number of aromatic nitrogens is 3. The van der Waals surface area contributed by atoms with Crippen LogP contribution < -0.4 is 11.2 Å². The summed E-state index contributed by atoms with van der Waals surface area (Å²) < 4.78 is 3.79. The number of para-hydroxylation sites is 1. The highest BCUT2D eigenvalue weighted by Gasteiger charge is 2.18. The monoisotopic (exact) mass is 344 g/mol. The maximum Gasteiger partial charge on any atom is 0.330 e. The molecule has 0 unspecified atom stereocenters. The third-order valence-electron chi connectivity index (χ3n) is 4.37. The highest BCUT2D eigenvalue weighted by atomic mass is 32.1. The van der Waals surface area contributed by atoms with Crippen LogP contribution in [0.1, 0.15) is 23.7 Å². The molecule has 3 rings (SSSR count). The quantitative estimate of drug-likeness (QED) is 0.725. The van der Waals surface area contributed by atoms with Crippen molar-refractivity contribution in [3.05, 3.63) is 61.9 Å². The molecule has 7 heteroatoms. The van der Waals surface area contributed by atoms with Crippen molar-refractivity contribution in [2.75, 3.05) is 7.05 Å². The molecule has 0 aliphatic carbocycles. The van der Waals surface area contributed by atoms with Crippen LogP contribution in [0.3, 0.4) is 0 Å². The van der Waals surface area contributed by atoms with Crippen LogP contribution >= 0.6 is 11.3 Å². The predicted octanol–water partition coefficient (Wildman–Crippen LogP) is 1.89. The minimum Gasteiger partial charge on any atom is -0.299 e. The van der Waals surface area contributed by atoms with Crippen LogP contribution in [0.4, 0.5) is 0 Å². The Balaban J connectivity index is 1.88. The number of thiazole rings is 1. The van der Waals surface area contributed by atoms with Gasteiger partial charge in [0.05, 0.1) is 16.3 Å². The fourth-order valence-electron chi connectivity index (χ4n) is 2.58. The lowest BCUT2D eigenvalue weighted by Gasteiger charge is -2.23. The zero-order valence-electron chi connectivity index (χ0n) is 14.2. The van der Waals surface area contributed by atoms with Crippen LogP contribution in [0, 0.1) is 0 Å². The SMILES string of the molecule is C[C@@H](c1nc2ccccc2s1)N(C)Cc1cc(=O)n(C)c(=O)n1C. The smallest absolute Gasteiger partial charge is 0.299 e. The van der Waals surface area contributed by atoms with Crippen molar-refractivity contribution in [1.82, 2.24) is 19.0 Å². The second-order valence-electron chi connectivity index (χ2n) is 5.99. The topological polar surface area (TPSA) is 60.1 Å². The average Bonchev–Trinajstić information content (AvgIpc) is 3.01. The van der Waals surface area contributed by atoms with Gasteiger partial charge in [0.2, 0.25) is 0 Å². The van der Waals surface area contributed by atoms with E-state index in [1.165, 1.54) is 17.7 Å². The number of hydrogen-bond acceptors (Lipinski definition) is 5. The molecule has 0 saturated carbocycles. The Kier molecular flexibility index (Phi) is 4.38. The summed E-state index contributed by atoms with van der Waals surface area (Å²) >= 11 is 1.67. The minimum absolute atomic E-state index is 0.0848. The summed E-state index contributed by atoms with van der Waals surface area (Å²) in [7, 11) is 5.15. The summed E-state index contributed by atoms with van der Waals surface area (Å²) in [5, 5.41) is 1.02. The first-order valence-electron chi connectivity index (χ1n) is 7.70. The van der Waals surface area contributed by atoms with Gasteiger partial charge in [-0.3, -0.25) is 18.8 Å². The third-order valence-corrected chi connectivity index (χ3v) is 5.57. The fourth-order valence-corrected chi connectivity index (χ4v) is 3.66. The first kappa shape index (κ1) is 16.6. The van der Waals surface area contributed by atoms with E-state index >= 15 is 0 Å². The van der Waals surface area contributed by atoms with Gasteiger partial charge in [-0.2, -0.15) is 0 Å². The highest BCUT2D eigenvalue weighted by Crippen LogP contribution is 2.29. The van der Waals surface area contributed by atoms with Crippen LogP contribution in [0.15, 0.2) is 39.9 Å². The zero-order chi connectivity index (χ0) is 17.4. The van der Waals surface area contributed by atoms with E-state index in [0.717, 1.165) is 19.8 Å². The molecule has 2 heterocycles. The summed E-state index contributed by atoms with van der Waals surface area (Å²) in [5.41, 5.74) is 1.10. The Morgan fingerprint density at radius 3 is 2.62 bits per heavy atom. The summed E-state index contributed by atoms with van der Waals surface area (Å²) in [5.74, 6) is 0. The number of rotatable bonds is 4. The molecule has 1 aromatic carbocycles. The Morgan fingerprint density at radius 2 is 1.92 bits per heavy atom. The molecule has 0 saturated heterocycles. The van der Waals surface area contributed by atoms with E-state index in [-0.39, 0.29) is 17.3 Å². The highest BCUT2D eigenvalue weighted by molar-refractivity contribution is 7.18. The van der Waals surface area contributed by atoms with Crippen molar-refractivity contribution < 1.29 is 0 Å². The van der Waals surface area contributed by atoms with E-state index in [1.54, 1.807) is 18.4 Å². The molecule has 126 valence electrons. The second-order valence-corrected chi connectivity index (χ2v) is 7.05. The minimum atomic E-state index is -0.307. The van der Waals surface area contributed by atoms with E-state index in [0.29, 0.717) is 12.2 Å². The zero-order valence-corrected chi connectivity index (χ0v) is 15.0. The summed E-state index contributed by atoms with van der Waals surface area (Å²) in [4.78, 5) is 30.7. The van der Waals surface area contributed by atoms with Gasteiger partial charge < -0.3 is 0 Å². The van der Waals surface area contributed by atoms with Gasteiger partial charge in [-0.25, -0.2) is 9.78 Å². The van der Waals surface area contributed by atoms with Gasteiger partial charge in [-0.15, -0.1) is 11.3 Å². The number of benzene rings is 1. The molecular formula is C17H20N4O2S. The Hall–Kier alpha value is -2.25. The Labute approximate surface area is 143 Å². The summed E-state index contributed by atoms with van der Waals surface area (Å²) in [6.07, 6.45) is 0. The molecule has 0 aliphatic rings. The predicted molar refractivity (Wildman–Crippen MR) is 96.4 cm³/mol. The number of nitrogens with zero attached hydrogens (tertiary/aromatic N) is 4. The van der Waals surface area contributed by atoms with Crippen LogP contribution in [-0.4, -0.2) is 26.1 Å². The van der Waals surface area contributed by atoms with Crippen molar-refractivity contribution in [2.45, 2.75) is 19.5 Å². The molecule has 3 aromatic rings. The van der Waals surface area contributed by atoms with Gasteiger partial charge in [0.25, 0.3) is 5.56 Å². The first-order chi connectivity index (χ1) is 11.4. The molecule has 0 spiro atoms. The molecule has 0 N–H and O–H groups in total. The molecule has 1 atom stereocenters. The van der Waals surface area contributed by atoms with Gasteiger partial charge in [-0.05, 0) is 26.1 Å². The van der Waals surface area contributed by atoms with E-state index < -0.39 is 0 Å². The van der Waals surface area contributed by atoms with E-state index in [1.807, 2.05) is 25.2 Å². The third kappa shape index (κ3) is 2.92. The van der Waals surface area contributed by atoms with Gasteiger partial charge in [0, 0.05) is 32.4 Å². The van der Waals surface area contributed by atoms with E-state index in [9.17, 15) is 9.59 Å². The standard InChI is InChI=1S/C17H20N4O2S/c1-11(16-18-13-7-5-6-8-14(13)24-16)19(2)10-12-9-15(22)21(4)17(23)20(12)3/h5-9,11H,10H2,1-4H3/t11-/m0/s1. The van der Waals surface area contributed by atoms with Gasteiger partial charge in [0.1, 0.15) is 5.01 Å². The largest absolute Gasteiger partial charge is 0.330 e. The lowest BCUT2D eigenvalue weighted by atomic mass is 10.2.